The normalized spacial score (nSPS) is 35.8. The smallest absolute Gasteiger partial charge is 0.327 e. The number of fused-ring (bicyclic) bond motifs is 6. The minimum absolute atomic E-state index is 0.0289. The minimum atomic E-state index is -3.80. The van der Waals surface area contributed by atoms with Crippen molar-refractivity contribution in [3.05, 3.63) is 27.2 Å². The van der Waals surface area contributed by atoms with Crippen LogP contribution in [0, 0.1) is 46.3 Å². The number of carbonyl (C=O) groups is 1. The Balaban J connectivity index is 0.000000217. The number of aliphatic hydroxyl groups is 2. The van der Waals surface area contributed by atoms with Crippen LogP contribution in [0.3, 0.4) is 0 Å². The number of carboxylic acid groups (broad SMARTS) is 1. The quantitative estimate of drug-likeness (QED) is 0.207. The molecule has 0 radical (unpaired) electrons. The van der Waals surface area contributed by atoms with Crippen LogP contribution in [-0.2, 0) is 14.9 Å². The van der Waals surface area contributed by atoms with Crippen LogP contribution in [0.1, 0.15) is 85.0 Å². The van der Waals surface area contributed by atoms with Crippen LogP contribution < -0.4 is 17.0 Å². The van der Waals surface area contributed by atoms with Crippen molar-refractivity contribution in [2.45, 2.75) is 97.2 Å². The Kier molecular flexibility index (Phi) is 11.2. The monoisotopic (exact) mass is 669 g/mol. The second kappa shape index (κ2) is 14.3. The van der Waals surface area contributed by atoms with Gasteiger partial charge in [0.25, 0.3) is 15.7 Å². The number of nitrogens with one attached hydrogen (secondary N) is 3. The Bertz CT molecular complexity index is 1570. The van der Waals surface area contributed by atoms with Gasteiger partial charge in [-0.05, 0) is 104 Å². The molecule has 0 bridgehead atoms. The SMILES string of the molecule is C[C@H](CCC(=O)O)[C@H]1CCC2C3C(CC[C@@]21C)[C@@]1(C)CC[C@@H](O)CC1C[C@H]3O.NCCS(=O)(=O)O.O=c1[nH]c(=O)c2[nH]cnc2[nH]1. The van der Waals surface area contributed by atoms with Gasteiger partial charge in [0, 0.05) is 13.0 Å². The molecule has 2 aromatic rings. The van der Waals surface area contributed by atoms with E-state index in [0.29, 0.717) is 35.5 Å². The highest BCUT2D eigenvalue weighted by Gasteiger charge is 2.62. The van der Waals surface area contributed by atoms with Crippen molar-refractivity contribution in [3.8, 4) is 0 Å². The molecule has 4 unspecified atom stereocenters. The Labute approximate surface area is 268 Å². The molecule has 0 spiro atoms. The highest BCUT2D eigenvalue weighted by Crippen LogP contribution is 2.68. The Morgan fingerprint density at radius 3 is 2.37 bits per heavy atom. The number of carboxylic acids is 1. The first-order valence-corrected chi connectivity index (χ1v) is 18.0. The summed E-state index contributed by atoms with van der Waals surface area (Å²) in [5, 5.41) is 30.5. The van der Waals surface area contributed by atoms with Gasteiger partial charge in [0.15, 0.2) is 5.65 Å². The van der Waals surface area contributed by atoms with E-state index in [-0.39, 0.29) is 52.9 Å². The lowest BCUT2D eigenvalue weighted by molar-refractivity contribution is -0.174. The molecular weight excluding hydrogens is 618 g/mol. The van der Waals surface area contributed by atoms with Gasteiger partial charge >= 0.3 is 11.7 Å². The van der Waals surface area contributed by atoms with Crippen LogP contribution in [0.25, 0.3) is 11.2 Å². The predicted octanol–water partition coefficient (Wildman–Crippen LogP) is 2.25. The molecule has 0 amide bonds. The van der Waals surface area contributed by atoms with Gasteiger partial charge in [0.1, 0.15) is 5.52 Å². The van der Waals surface area contributed by atoms with E-state index in [0.717, 1.165) is 32.1 Å². The zero-order valence-corrected chi connectivity index (χ0v) is 27.8. The first-order chi connectivity index (χ1) is 21.5. The Morgan fingerprint density at radius 1 is 1.07 bits per heavy atom. The first-order valence-electron chi connectivity index (χ1n) is 16.4. The molecule has 4 saturated carbocycles. The van der Waals surface area contributed by atoms with Crippen LogP contribution in [0.4, 0.5) is 0 Å². The molecule has 14 nitrogen and oxygen atoms in total. The van der Waals surface area contributed by atoms with Gasteiger partial charge in [0.2, 0.25) is 0 Å². The van der Waals surface area contributed by atoms with E-state index in [9.17, 15) is 33.0 Å². The molecule has 4 aliphatic carbocycles. The Hall–Kier alpha value is -2.59. The van der Waals surface area contributed by atoms with Crippen LogP contribution in [0.5, 0.6) is 0 Å². The standard InChI is InChI=1S/C24H40O4.C5H4N4O2.C2H7NO3S/c1-14(4-7-21(27)28)17-5-6-18-22-19(9-11-24(17,18)3)23(2)10-8-16(25)12-15(23)13-20(22)26;10-4-2-3(7-1-6-2)8-5(11)9-4;3-1-2-7(4,5)6/h14-20,22,25-26H,4-13H2,1-3H3,(H,27,28);1H,(H3,6,7,8,9,10,11);1-3H2,(H,4,5,6)/t14-,15?,16-,17-,18?,19?,20-,22?,23+,24-;;/m1../s1. The van der Waals surface area contributed by atoms with E-state index in [1.165, 1.54) is 32.0 Å². The zero-order chi connectivity index (χ0) is 34.0. The lowest BCUT2D eigenvalue weighted by Gasteiger charge is -2.62. The molecule has 2 aromatic heterocycles. The van der Waals surface area contributed by atoms with Gasteiger partial charge in [-0.3, -0.25) is 24.1 Å². The van der Waals surface area contributed by atoms with Crippen LogP contribution in [0.2, 0.25) is 0 Å². The lowest BCUT2D eigenvalue weighted by Crippen LogP contribution is -2.58. The van der Waals surface area contributed by atoms with Gasteiger partial charge in [-0.1, -0.05) is 20.8 Å². The van der Waals surface area contributed by atoms with E-state index in [1.807, 2.05) is 0 Å². The minimum Gasteiger partial charge on any atom is -0.481 e. The van der Waals surface area contributed by atoms with E-state index in [1.54, 1.807) is 0 Å². The van der Waals surface area contributed by atoms with Crippen molar-refractivity contribution >= 4 is 27.3 Å². The average Bonchev–Trinajstić information content (AvgIpc) is 3.57. The summed E-state index contributed by atoms with van der Waals surface area (Å²) >= 11 is 0. The van der Waals surface area contributed by atoms with Crippen LogP contribution in [-0.4, -0.2) is 78.7 Å². The molecule has 4 aliphatic rings. The largest absolute Gasteiger partial charge is 0.481 e. The fraction of sp³-hybridized carbons (Fsp3) is 0.806. The van der Waals surface area contributed by atoms with E-state index >= 15 is 0 Å². The number of aliphatic hydroxyl groups excluding tert-OH is 2. The summed E-state index contributed by atoms with van der Waals surface area (Å²) in [6.07, 6.45) is 10.5. The first kappa shape index (κ1) is 36.2. The molecular formula is C31H51N5O9S. The highest BCUT2D eigenvalue weighted by molar-refractivity contribution is 7.85. The number of rotatable bonds is 6. The molecule has 0 aliphatic heterocycles. The summed E-state index contributed by atoms with van der Waals surface area (Å²) in [7, 11) is -3.80. The zero-order valence-electron chi connectivity index (χ0n) is 26.9. The third-order valence-electron chi connectivity index (χ3n) is 11.9. The average molecular weight is 670 g/mol. The third kappa shape index (κ3) is 7.75. The molecule has 0 aromatic carbocycles. The van der Waals surface area contributed by atoms with Crippen molar-refractivity contribution in [2.24, 2.45) is 52.1 Å². The van der Waals surface area contributed by atoms with Crippen LogP contribution >= 0.6 is 0 Å². The molecule has 260 valence electrons. The lowest BCUT2D eigenvalue weighted by atomic mass is 9.43. The fourth-order valence-corrected chi connectivity index (χ4v) is 10.0. The number of hydrogen-bond acceptors (Lipinski definition) is 9. The number of aliphatic carboxylic acids is 1. The molecule has 46 heavy (non-hydrogen) atoms. The molecule has 15 heteroatoms. The number of H-pyrrole nitrogens is 3. The van der Waals surface area contributed by atoms with Crippen molar-refractivity contribution in [2.75, 3.05) is 12.3 Å². The maximum atomic E-state index is 11.2. The number of aromatic nitrogens is 4. The molecule has 4 fully saturated rings. The maximum Gasteiger partial charge on any atom is 0.327 e. The van der Waals surface area contributed by atoms with Crippen molar-refractivity contribution < 1.29 is 33.1 Å². The summed E-state index contributed by atoms with van der Waals surface area (Å²) in [4.78, 5) is 43.3. The van der Waals surface area contributed by atoms with Gasteiger partial charge in [-0.25, -0.2) is 9.78 Å². The van der Waals surface area contributed by atoms with Gasteiger partial charge in [-0.15, -0.1) is 0 Å². The van der Waals surface area contributed by atoms with Crippen molar-refractivity contribution in [1.82, 2.24) is 19.9 Å². The summed E-state index contributed by atoms with van der Waals surface area (Å²) in [5.74, 6) is 2.00. The fourth-order valence-electron chi connectivity index (χ4n) is 9.74. The van der Waals surface area contributed by atoms with Crippen molar-refractivity contribution in [3.63, 3.8) is 0 Å². The third-order valence-corrected chi connectivity index (χ3v) is 12.7. The van der Waals surface area contributed by atoms with Gasteiger partial charge in [-0.2, -0.15) is 8.42 Å². The molecule has 9 N–H and O–H groups in total. The number of hydrogen-bond donors (Lipinski definition) is 8. The highest BCUT2D eigenvalue weighted by atomic mass is 32.2. The summed E-state index contributed by atoms with van der Waals surface area (Å²) in [6, 6.07) is 0. The molecule has 0 saturated heterocycles. The number of nitrogens with zero attached hydrogens (tertiary/aromatic N) is 1. The maximum absolute atomic E-state index is 11.2. The van der Waals surface area contributed by atoms with Gasteiger partial charge < -0.3 is 26.0 Å². The summed E-state index contributed by atoms with van der Waals surface area (Å²) in [5.41, 5.74) is 4.85. The summed E-state index contributed by atoms with van der Waals surface area (Å²) in [6.45, 7) is 7.13. The Morgan fingerprint density at radius 2 is 1.74 bits per heavy atom. The van der Waals surface area contributed by atoms with Crippen LogP contribution in [0.15, 0.2) is 15.9 Å². The van der Waals surface area contributed by atoms with Gasteiger partial charge in [0.05, 0.1) is 24.3 Å². The second-order valence-corrected chi connectivity index (χ2v) is 16.0. The topological polar surface area (TPSA) is 253 Å². The van der Waals surface area contributed by atoms with E-state index in [2.05, 4.69) is 40.7 Å². The van der Waals surface area contributed by atoms with E-state index in [4.69, 9.17) is 15.4 Å². The summed E-state index contributed by atoms with van der Waals surface area (Å²) < 4.78 is 27.3. The predicted molar refractivity (Wildman–Crippen MR) is 171 cm³/mol. The molecule has 6 rings (SSSR count). The van der Waals surface area contributed by atoms with E-state index < -0.39 is 27.3 Å². The number of imidazole rings is 1. The number of nitrogens with two attached hydrogens (primary N) is 1. The van der Waals surface area contributed by atoms with Crippen molar-refractivity contribution in [1.29, 1.82) is 0 Å². The number of aromatic amines is 3. The molecule has 2 heterocycles. The second-order valence-electron chi connectivity index (χ2n) is 14.5. The molecule has 10 atom stereocenters.